The van der Waals surface area contributed by atoms with Crippen LogP contribution in [0.4, 0.5) is 0 Å². The van der Waals surface area contributed by atoms with Crippen molar-refractivity contribution in [1.82, 2.24) is 35.7 Å². The number of aliphatic carboxylic acids is 2. The Hall–Kier alpha value is -7.79. The van der Waals surface area contributed by atoms with Crippen molar-refractivity contribution in [3.63, 3.8) is 0 Å². The number of hydrogen-bond donors (Lipinski definition) is 7. The number of carboxylic acid groups (broad SMARTS) is 2. The van der Waals surface area contributed by atoms with Crippen molar-refractivity contribution in [3.05, 3.63) is 145 Å². The van der Waals surface area contributed by atoms with Crippen LogP contribution in [0.2, 0.25) is 10.0 Å². The SMILES string of the molecule is CC(=O)SCC(=O)NCC(=O)NCC(=O)NCC(=O)NCCCCOc1ccc2c(c1)c(CC(=O)O)c(C)n2C(=O)c1ccc(Cl)cc1.Cc1c(CC(=O)O)c2cc(OCCCCNC(=O)C[N-]C(=O)C[N-]C(=O)C[N-]C(=O)C[S-])ccc2n1C(=O)c1ccc(Cl)cc1.[99Tc+4].[Na+].[O]=[Tc](=[O])(=[O])[O-]. The number of ether oxygens (including phenoxy) is 2. The van der Waals surface area contributed by atoms with E-state index in [0.29, 0.717) is 129 Å². The van der Waals surface area contributed by atoms with Crippen molar-refractivity contribution in [2.24, 2.45) is 0 Å². The quantitative estimate of drug-likeness (QED) is 0.0169. The van der Waals surface area contributed by atoms with Crippen LogP contribution in [0.3, 0.4) is 0 Å². The van der Waals surface area contributed by atoms with Gasteiger partial charge in [-0.05, 0) is 142 Å². The molecule has 531 valence electrons. The Balaban J connectivity index is 0.000000626. The number of halogens is 2. The fourth-order valence-electron chi connectivity index (χ4n) is 8.72. The third kappa shape index (κ3) is 32.2. The number of nitrogens with zero attached hydrogens (tertiary/aromatic N) is 5. The van der Waals surface area contributed by atoms with E-state index in [0.717, 1.165) is 11.8 Å². The number of unbranched alkanes of at least 4 members (excludes halogenated alkanes) is 2. The number of aromatic nitrogens is 2. The Morgan fingerprint density at radius 1 is 0.540 bits per heavy atom. The Morgan fingerprint density at radius 2 is 0.900 bits per heavy atom. The number of rotatable bonds is 33. The van der Waals surface area contributed by atoms with Gasteiger partial charge in [0, 0.05) is 81.1 Å². The molecule has 2 aromatic heterocycles. The molecular weight excluding hydrogens is 1580 g/mol. The molecule has 7 N–H and O–H groups in total. The Labute approximate surface area is 630 Å². The van der Waals surface area contributed by atoms with Crippen molar-refractivity contribution < 1.29 is 162 Å². The summed E-state index contributed by atoms with van der Waals surface area (Å²) < 4.78 is 49.2. The molecule has 0 saturated carbocycles. The number of carbonyl (C=O) groups excluding carboxylic acids is 11. The second-order valence-electron chi connectivity index (χ2n) is 20.5. The maximum atomic E-state index is 13.4. The Bertz CT molecular complexity index is 4110. The summed E-state index contributed by atoms with van der Waals surface area (Å²) in [4.78, 5) is 154. The predicted octanol–water partition coefficient (Wildman–Crippen LogP) is 0.718. The Morgan fingerprint density at radius 3 is 1.28 bits per heavy atom. The fourth-order valence-corrected chi connectivity index (χ4v) is 9.50. The Kier molecular flexibility index (Phi) is 39.9. The second kappa shape index (κ2) is 45.2. The number of nitrogens with one attached hydrogen (secondary N) is 5. The molecule has 2 heterocycles. The summed E-state index contributed by atoms with van der Waals surface area (Å²) in [5.41, 5.74) is 3.97. The van der Waals surface area contributed by atoms with Gasteiger partial charge in [0.15, 0.2) is 5.12 Å². The number of benzene rings is 4. The van der Waals surface area contributed by atoms with Crippen molar-refractivity contribution in [1.29, 1.82) is 0 Å². The molecule has 0 aliphatic carbocycles. The van der Waals surface area contributed by atoms with E-state index in [4.69, 9.17) is 47.1 Å². The van der Waals surface area contributed by atoms with E-state index in [-0.39, 0.29) is 111 Å². The summed E-state index contributed by atoms with van der Waals surface area (Å²) in [5, 5.41) is 43.6. The van der Waals surface area contributed by atoms with Gasteiger partial charge in [0.2, 0.25) is 29.5 Å². The molecule has 100 heavy (non-hydrogen) atoms. The molecule has 0 saturated heterocycles. The summed E-state index contributed by atoms with van der Waals surface area (Å²) in [6.45, 7) is 3.50. The van der Waals surface area contributed by atoms with Crippen LogP contribution in [-0.4, -0.2) is 173 Å². The summed E-state index contributed by atoms with van der Waals surface area (Å²) in [6.07, 6.45) is 1.75. The fraction of sp³-hybridized carbons (Fsp3) is 0.339. The molecule has 6 rings (SSSR count). The van der Waals surface area contributed by atoms with Crippen LogP contribution in [0.25, 0.3) is 37.8 Å². The summed E-state index contributed by atoms with van der Waals surface area (Å²) >= 11 is 11.3. The molecular formula is C62H66Cl2N10NaO21S2Tc2. The zero-order chi connectivity index (χ0) is 72.6. The number of hydrogen-bond acceptors (Lipinski definition) is 21. The van der Waals surface area contributed by atoms with Gasteiger partial charge in [-0.2, -0.15) is 0 Å². The zero-order valence-electron chi connectivity index (χ0n) is 54.0. The van der Waals surface area contributed by atoms with Crippen LogP contribution in [0.15, 0.2) is 84.9 Å². The maximum absolute atomic E-state index is 13.4. The van der Waals surface area contributed by atoms with E-state index < -0.39 is 94.3 Å². The van der Waals surface area contributed by atoms with E-state index in [1.165, 1.54) is 16.1 Å². The van der Waals surface area contributed by atoms with Crippen molar-refractivity contribution >= 4 is 146 Å². The van der Waals surface area contributed by atoms with Crippen molar-refractivity contribution in [3.8, 4) is 11.5 Å². The minimum atomic E-state index is -5.94. The number of fused-ring (bicyclic) bond motifs is 2. The first-order valence-corrected chi connectivity index (χ1v) is 34.6. The van der Waals surface area contributed by atoms with E-state index >= 15 is 0 Å². The number of carboxylic acids is 2. The standard InChI is InChI=1S/C32H36ClN5O9S.C30H34ClN5O8S.Na.4O.2Tc/c1-19-24(14-31(44)45)25-13-23(9-10-26(25)38(19)32(46)21-5-7-22(33)8-6-21)47-12-4-3-11-34-27(40)15-35-28(41)16-36-29(42)17-37-30(43)18-48-20(2)39;1-18-22(13-29(41)42)23-12-21(8-9-24(23)36(18)30(43)19-4-6-20(31)7-5-19)44-11-3-2-10-32-25(37)14-33-26(38)15-34-27(39)16-35-28(40)17-45;;;;;;;/h5-10,13H,3-4,11-12,14-18H2,1-2H3,(H,34,40)(H,35,41)(H,36,42)(H,37,43)(H,44,45);4-9,12H,2-3,10-11,13-17H2,1H3,(H6,32,33,34,35,37,38,39,40,41,42,45);;;;;;;/q;;+1;;;;-1;+4;/p-4/i;;;;;;;1+1;. The average molecular weight is 1640 g/mol. The molecule has 0 atom stereocenters. The van der Waals surface area contributed by atoms with Crippen molar-refractivity contribution in [2.75, 3.05) is 77.1 Å². The van der Waals surface area contributed by atoms with Crippen LogP contribution in [0.5, 0.6) is 11.5 Å². The van der Waals surface area contributed by atoms with Gasteiger partial charge in [0.25, 0.3) is 11.8 Å². The van der Waals surface area contributed by atoms with Gasteiger partial charge < -0.3 is 89.2 Å². The van der Waals surface area contributed by atoms with Gasteiger partial charge in [0.05, 0.1) is 62.5 Å². The van der Waals surface area contributed by atoms with Crippen LogP contribution < -0.4 is 69.5 Å². The zero-order valence-corrected chi connectivity index (χ0v) is 62.9. The van der Waals surface area contributed by atoms with Gasteiger partial charge in [-0.25, -0.2) is 0 Å². The third-order valence-corrected chi connectivity index (χ3v) is 14.8. The van der Waals surface area contributed by atoms with Crippen LogP contribution in [0, 0.1) is 13.8 Å². The minimum absolute atomic E-state index is 0. The van der Waals surface area contributed by atoms with Crippen LogP contribution >= 0.6 is 35.0 Å². The molecule has 0 unspecified atom stereocenters. The molecule has 38 heteroatoms. The molecule has 0 aliphatic rings. The average Bonchev–Trinajstić information content (AvgIpc) is 1.61. The third-order valence-electron chi connectivity index (χ3n) is 13.2. The molecule has 31 nitrogen and oxygen atoms in total. The molecule has 0 spiro atoms. The molecule has 8 amide bonds. The number of thioether (sulfide) groups is 1. The van der Waals surface area contributed by atoms with Crippen LogP contribution in [0.1, 0.15) is 75.8 Å². The predicted molar refractivity (Wildman–Crippen MR) is 350 cm³/mol. The molecule has 0 bridgehead atoms. The molecule has 0 aliphatic heterocycles. The normalized spacial score (nSPS) is 10.5. The first-order chi connectivity index (χ1) is 46.3. The summed E-state index contributed by atoms with van der Waals surface area (Å²) in [6, 6.07) is 23.1. The van der Waals surface area contributed by atoms with E-state index in [2.05, 4.69) is 55.2 Å². The van der Waals surface area contributed by atoms with Gasteiger partial charge >= 0.3 is 91.5 Å². The summed E-state index contributed by atoms with van der Waals surface area (Å²) in [5.74, 6) is -6.77. The van der Waals surface area contributed by atoms with Gasteiger partial charge in [-0.1, -0.05) is 48.1 Å². The van der Waals surface area contributed by atoms with E-state index in [1.54, 1.807) is 98.8 Å². The first-order valence-electron chi connectivity index (χ1n) is 29.2. The molecule has 6 aromatic rings. The molecule has 1 radical (unpaired) electrons. The van der Waals surface area contributed by atoms with Crippen LogP contribution in [-0.2, 0) is 124 Å². The van der Waals surface area contributed by atoms with Gasteiger partial charge in [-0.3, -0.25) is 57.1 Å². The van der Waals surface area contributed by atoms with Gasteiger partial charge in [-0.15, -0.1) is 5.75 Å². The van der Waals surface area contributed by atoms with E-state index in [1.807, 2.05) is 0 Å². The first kappa shape index (κ1) is 88.3. The topological polar surface area (TPSA) is 467 Å². The number of amides is 8. The summed E-state index contributed by atoms with van der Waals surface area (Å²) in [7, 11) is 0. The van der Waals surface area contributed by atoms with E-state index in [9.17, 15) is 72.5 Å². The molecule has 0 fully saturated rings. The molecule has 4 aromatic carbocycles. The van der Waals surface area contributed by atoms with Gasteiger partial charge in [0.1, 0.15) is 11.5 Å². The van der Waals surface area contributed by atoms with Crippen molar-refractivity contribution in [2.45, 2.75) is 59.3 Å². The second-order valence-corrected chi connectivity index (χ2v) is 24.7. The number of carbonyl (C=O) groups is 13. The monoisotopic (exact) mass is 1640 g/mol.